The molecule has 0 radical (unpaired) electrons. The number of hydrogen-bond donors (Lipinski definition) is 1. The summed E-state index contributed by atoms with van der Waals surface area (Å²) in [4.78, 5) is 25.4. The predicted molar refractivity (Wildman–Crippen MR) is 102 cm³/mol. The first-order chi connectivity index (χ1) is 12.4. The van der Waals surface area contributed by atoms with Crippen LogP contribution in [0.5, 0.6) is 5.75 Å². The number of fused-ring (bicyclic) bond motifs is 1. The molecule has 0 aliphatic heterocycles. The van der Waals surface area contributed by atoms with Crippen LogP contribution in [0, 0.1) is 5.92 Å². The molecule has 0 aliphatic rings. The number of anilines is 1. The number of nitrogens with one attached hydrogen (secondary N) is 1. The fraction of sp³-hybridized carbons (Fsp3) is 0.333. The van der Waals surface area contributed by atoms with Gasteiger partial charge in [-0.25, -0.2) is 0 Å². The van der Waals surface area contributed by atoms with Gasteiger partial charge in [-0.2, -0.15) is 0 Å². The average molecular weight is 372 g/mol. The van der Waals surface area contributed by atoms with E-state index in [1.165, 1.54) is 17.5 Å². The molecule has 1 amide bonds. The number of benzene rings is 1. The number of aromatic nitrogens is 3. The lowest BCUT2D eigenvalue weighted by Crippen LogP contribution is -2.23. The number of nitrogens with zero attached hydrogens (tertiary/aromatic N) is 3. The van der Waals surface area contributed by atoms with Gasteiger partial charge in [0.05, 0.1) is 18.0 Å². The number of ether oxygens (including phenoxy) is 1. The van der Waals surface area contributed by atoms with Crippen molar-refractivity contribution in [3.63, 3.8) is 0 Å². The Morgan fingerprint density at radius 2 is 2.12 bits per heavy atom. The SMILES string of the molecule is COc1cccc2c(=O)c(C(=O)Nc3nnc(CC(C)C)s3)cn(C)c12. The summed E-state index contributed by atoms with van der Waals surface area (Å²) in [6, 6.07) is 5.19. The minimum atomic E-state index is -0.498. The fourth-order valence-corrected chi connectivity index (χ4v) is 3.70. The predicted octanol–water partition coefficient (Wildman–Crippen LogP) is 2.85. The molecule has 1 aromatic carbocycles. The summed E-state index contributed by atoms with van der Waals surface area (Å²) < 4.78 is 7.03. The van der Waals surface area contributed by atoms with E-state index in [9.17, 15) is 9.59 Å². The summed E-state index contributed by atoms with van der Waals surface area (Å²) in [5, 5.41) is 12.4. The van der Waals surface area contributed by atoms with E-state index in [4.69, 9.17) is 4.74 Å². The highest BCUT2D eigenvalue weighted by atomic mass is 32.1. The minimum Gasteiger partial charge on any atom is -0.495 e. The molecule has 0 spiro atoms. The Labute approximate surface area is 154 Å². The van der Waals surface area contributed by atoms with Gasteiger partial charge in [-0.1, -0.05) is 31.3 Å². The largest absolute Gasteiger partial charge is 0.495 e. The van der Waals surface area contributed by atoms with Gasteiger partial charge >= 0.3 is 0 Å². The van der Waals surface area contributed by atoms with E-state index in [0.29, 0.717) is 27.7 Å². The van der Waals surface area contributed by atoms with Crippen LogP contribution in [-0.4, -0.2) is 27.8 Å². The van der Waals surface area contributed by atoms with E-state index in [-0.39, 0.29) is 11.0 Å². The summed E-state index contributed by atoms with van der Waals surface area (Å²) in [5.41, 5.74) is 0.349. The molecule has 0 saturated heterocycles. The monoisotopic (exact) mass is 372 g/mol. The molecule has 8 heteroatoms. The second-order valence-corrected chi connectivity index (χ2v) is 7.45. The molecule has 0 aliphatic carbocycles. The van der Waals surface area contributed by atoms with Crippen LogP contribution in [0.2, 0.25) is 0 Å². The van der Waals surface area contributed by atoms with Gasteiger partial charge in [-0.3, -0.25) is 14.9 Å². The van der Waals surface area contributed by atoms with Crippen LogP contribution in [0.3, 0.4) is 0 Å². The maximum Gasteiger partial charge on any atom is 0.262 e. The Kier molecular flexibility index (Phi) is 5.03. The number of rotatable bonds is 5. The molecule has 0 saturated carbocycles. The summed E-state index contributed by atoms with van der Waals surface area (Å²) in [6.45, 7) is 4.18. The molecule has 136 valence electrons. The minimum absolute atomic E-state index is 0.0499. The van der Waals surface area contributed by atoms with Crippen LogP contribution in [0.15, 0.2) is 29.2 Å². The molecule has 0 unspecified atom stereocenters. The van der Waals surface area contributed by atoms with E-state index in [2.05, 4.69) is 29.4 Å². The van der Waals surface area contributed by atoms with Crippen molar-refractivity contribution in [3.05, 3.63) is 45.2 Å². The normalized spacial score (nSPS) is 11.1. The first-order valence-electron chi connectivity index (χ1n) is 8.20. The molecule has 2 heterocycles. The van der Waals surface area contributed by atoms with Crippen molar-refractivity contribution in [2.75, 3.05) is 12.4 Å². The summed E-state index contributed by atoms with van der Waals surface area (Å²) >= 11 is 1.32. The zero-order valence-electron chi connectivity index (χ0n) is 15.1. The van der Waals surface area contributed by atoms with Gasteiger partial charge in [0.15, 0.2) is 0 Å². The third kappa shape index (κ3) is 3.45. The maximum absolute atomic E-state index is 12.8. The van der Waals surface area contributed by atoms with E-state index < -0.39 is 5.91 Å². The fourth-order valence-electron chi connectivity index (χ4n) is 2.76. The molecule has 26 heavy (non-hydrogen) atoms. The Balaban J connectivity index is 1.95. The second kappa shape index (κ2) is 7.25. The van der Waals surface area contributed by atoms with Crippen molar-refractivity contribution in [2.24, 2.45) is 13.0 Å². The lowest BCUT2D eigenvalue weighted by Gasteiger charge is -2.11. The molecule has 3 rings (SSSR count). The molecule has 2 aromatic heterocycles. The summed E-state index contributed by atoms with van der Waals surface area (Å²) in [7, 11) is 3.32. The van der Waals surface area contributed by atoms with Crippen molar-refractivity contribution < 1.29 is 9.53 Å². The topological polar surface area (TPSA) is 86.1 Å². The number of amides is 1. The Morgan fingerprint density at radius 3 is 2.81 bits per heavy atom. The number of aryl methyl sites for hydroxylation is 1. The third-order valence-electron chi connectivity index (χ3n) is 3.90. The van der Waals surface area contributed by atoms with Crippen molar-refractivity contribution in [1.82, 2.24) is 14.8 Å². The van der Waals surface area contributed by atoms with Crippen LogP contribution in [-0.2, 0) is 13.5 Å². The lowest BCUT2D eigenvalue weighted by atomic mass is 10.1. The van der Waals surface area contributed by atoms with Crippen LogP contribution in [0.4, 0.5) is 5.13 Å². The van der Waals surface area contributed by atoms with Crippen molar-refractivity contribution >= 4 is 33.3 Å². The zero-order chi connectivity index (χ0) is 18.8. The molecule has 3 aromatic rings. The van der Waals surface area contributed by atoms with E-state index in [0.717, 1.165) is 11.4 Å². The first-order valence-corrected chi connectivity index (χ1v) is 9.02. The van der Waals surface area contributed by atoms with Gasteiger partial charge in [0.25, 0.3) is 5.91 Å². The van der Waals surface area contributed by atoms with Gasteiger partial charge < -0.3 is 9.30 Å². The maximum atomic E-state index is 12.8. The summed E-state index contributed by atoms with van der Waals surface area (Å²) in [6.07, 6.45) is 2.31. The second-order valence-electron chi connectivity index (χ2n) is 6.39. The van der Waals surface area contributed by atoms with Crippen molar-refractivity contribution in [1.29, 1.82) is 0 Å². The smallest absolute Gasteiger partial charge is 0.262 e. The van der Waals surface area contributed by atoms with Gasteiger partial charge in [0.2, 0.25) is 10.6 Å². The highest BCUT2D eigenvalue weighted by Gasteiger charge is 2.18. The third-order valence-corrected chi connectivity index (χ3v) is 4.76. The highest BCUT2D eigenvalue weighted by molar-refractivity contribution is 7.15. The summed E-state index contributed by atoms with van der Waals surface area (Å²) in [5.74, 6) is 0.535. The number of pyridine rings is 1. The Bertz CT molecular complexity index is 1020. The van der Waals surface area contributed by atoms with E-state index >= 15 is 0 Å². The number of carbonyl (C=O) groups excluding carboxylic acids is 1. The van der Waals surface area contributed by atoms with Gasteiger partial charge in [0, 0.05) is 19.7 Å². The number of methoxy groups -OCH3 is 1. The van der Waals surface area contributed by atoms with Crippen molar-refractivity contribution in [3.8, 4) is 5.75 Å². The Hall–Kier alpha value is -2.74. The van der Waals surface area contributed by atoms with Crippen LogP contribution in [0.25, 0.3) is 10.9 Å². The first kappa shape index (κ1) is 18.1. The van der Waals surface area contributed by atoms with Gasteiger partial charge in [-0.15, -0.1) is 10.2 Å². The quantitative estimate of drug-likeness (QED) is 0.744. The van der Waals surface area contributed by atoms with Crippen LogP contribution >= 0.6 is 11.3 Å². The molecule has 0 atom stereocenters. The molecule has 7 nitrogen and oxygen atoms in total. The van der Waals surface area contributed by atoms with E-state index in [1.54, 1.807) is 36.9 Å². The van der Waals surface area contributed by atoms with Crippen LogP contribution < -0.4 is 15.5 Å². The average Bonchev–Trinajstić information content (AvgIpc) is 3.03. The Morgan fingerprint density at radius 1 is 1.35 bits per heavy atom. The number of carbonyl (C=O) groups is 1. The number of hydrogen-bond acceptors (Lipinski definition) is 6. The van der Waals surface area contributed by atoms with Gasteiger partial charge in [-0.05, 0) is 18.1 Å². The van der Waals surface area contributed by atoms with E-state index in [1.807, 2.05) is 0 Å². The standard InChI is InChI=1S/C18H20N4O3S/c1-10(2)8-14-20-21-18(26-14)19-17(24)12-9-22(3)15-11(16(12)23)6-5-7-13(15)25-4/h5-7,9-10H,8H2,1-4H3,(H,19,21,24). The molecular weight excluding hydrogens is 352 g/mol. The molecular formula is C18H20N4O3S. The highest BCUT2D eigenvalue weighted by Crippen LogP contribution is 2.23. The molecule has 1 N–H and O–H groups in total. The number of para-hydroxylation sites is 1. The molecule has 0 bridgehead atoms. The van der Waals surface area contributed by atoms with Crippen molar-refractivity contribution in [2.45, 2.75) is 20.3 Å². The molecule has 0 fully saturated rings. The lowest BCUT2D eigenvalue weighted by molar-refractivity contribution is 0.102. The van der Waals surface area contributed by atoms with Crippen LogP contribution in [0.1, 0.15) is 29.2 Å². The zero-order valence-corrected chi connectivity index (χ0v) is 15.9. The van der Waals surface area contributed by atoms with Gasteiger partial charge in [0.1, 0.15) is 16.3 Å².